The molecule has 0 heterocycles. The number of ether oxygens (including phenoxy) is 2. The molecular weight excluding hydrogens is 377 g/mol. The highest BCUT2D eigenvalue weighted by Gasteiger charge is 2.45. The van der Waals surface area contributed by atoms with Crippen molar-refractivity contribution >= 4 is 17.6 Å². The van der Waals surface area contributed by atoms with Crippen molar-refractivity contribution in [3.05, 3.63) is 60.2 Å². The molecule has 0 aromatic heterocycles. The van der Waals surface area contributed by atoms with Crippen LogP contribution in [0.4, 0.5) is 18.9 Å². The van der Waals surface area contributed by atoms with E-state index in [0.29, 0.717) is 5.75 Å². The lowest BCUT2D eigenvalue weighted by Gasteiger charge is -2.22. The van der Waals surface area contributed by atoms with Crippen LogP contribution in [0.15, 0.2) is 54.6 Å². The molecule has 1 amide bonds. The summed E-state index contributed by atoms with van der Waals surface area (Å²) in [5, 5.41) is 4.05. The second-order valence-corrected chi connectivity index (χ2v) is 5.71. The van der Waals surface area contributed by atoms with Gasteiger partial charge < -0.3 is 20.1 Å². The zero-order chi connectivity index (χ0) is 20.6. The zero-order valence-electron chi connectivity index (χ0n) is 15.0. The van der Waals surface area contributed by atoms with Gasteiger partial charge in [-0.15, -0.1) is 0 Å². The molecule has 2 N–H and O–H groups in total. The van der Waals surface area contributed by atoms with Crippen molar-refractivity contribution in [2.75, 3.05) is 19.0 Å². The van der Waals surface area contributed by atoms with Crippen LogP contribution >= 0.6 is 0 Å². The molecule has 150 valence electrons. The van der Waals surface area contributed by atoms with Gasteiger partial charge >= 0.3 is 12.1 Å². The average molecular weight is 396 g/mol. The highest BCUT2D eigenvalue weighted by atomic mass is 19.4. The van der Waals surface area contributed by atoms with Crippen LogP contribution in [-0.4, -0.2) is 37.7 Å². The summed E-state index contributed by atoms with van der Waals surface area (Å²) in [5.74, 6) is -1.78. The summed E-state index contributed by atoms with van der Waals surface area (Å²) in [6.07, 6.45) is -4.86. The summed E-state index contributed by atoms with van der Waals surface area (Å²) >= 11 is 0. The molecule has 0 saturated carbocycles. The Labute approximate surface area is 159 Å². The maximum absolute atomic E-state index is 13.2. The Kier molecular flexibility index (Phi) is 7.25. The third-order valence-electron chi connectivity index (χ3n) is 3.64. The van der Waals surface area contributed by atoms with Crippen LogP contribution in [0.1, 0.15) is 5.56 Å². The van der Waals surface area contributed by atoms with E-state index < -0.39 is 30.6 Å². The number of rotatable bonds is 8. The molecule has 6 nitrogen and oxygen atoms in total. The number of carbonyl (C=O) groups excluding carboxylic acids is 2. The van der Waals surface area contributed by atoms with Crippen molar-refractivity contribution in [1.82, 2.24) is 5.32 Å². The summed E-state index contributed by atoms with van der Waals surface area (Å²) in [6, 6.07) is 11.8. The number of benzene rings is 2. The van der Waals surface area contributed by atoms with E-state index in [1.165, 1.54) is 31.4 Å². The third-order valence-corrected chi connectivity index (χ3v) is 3.64. The normalized spacial score (nSPS) is 12.0. The summed E-state index contributed by atoms with van der Waals surface area (Å²) < 4.78 is 49.5. The fourth-order valence-corrected chi connectivity index (χ4v) is 2.20. The van der Waals surface area contributed by atoms with E-state index in [4.69, 9.17) is 9.47 Å². The number of methoxy groups -OCH3 is 1. The van der Waals surface area contributed by atoms with Crippen molar-refractivity contribution in [3.8, 4) is 5.75 Å². The van der Waals surface area contributed by atoms with Gasteiger partial charge in [0.05, 0.1) is 7.11 Å². The molecule has 9 heteroatoms. The van der Waals surface area contributed by atoms with Crippen LogP contribution in [0.5, 0.6) is 5.75 Å². The van der Waals surface area contributed by atoms with Crippen LogP contribution in [0.3, 0.4) is 0 Å². The Morgan fingerprint density at radius 3 is 2.25 bits per heavy atom. The number of halogens is 3. The highest BCUT2D eigenvalue weighted by Crippen LogP contribution is 2.25. The smallest absolute Gasteiger partial charge is 0.417 e. The Morgan fingerprint density at radius 1 is 1.04 bits per heavy atom. The van der Waals surface area contributed by atoms with Crippen LogP contribution in [0.2, 0.25) is 0 Å². The monoisotopic (exact) mass is 396 g/mol. The minimum absolute atomic E-state index is 0.0393. The van der Waals surface area contributed by atoms with Gasteiger partial charge in [0.1, 0.15) is 18.9 Å². The number of anilines is 1. The zero-order valence-corrected chi connectivity index (χ0v) is 15.0. The van der Waals surface area contributed by atoms with Crippen LogP contribution in [0, 0.1) is 0 Å². The number of nitrogens with one attached hydrogen (secondary N) is 2. The van der Waals surface area contributed by atoms with E-state index in [1.807, 2.05) is 5.32 Å². The number of hydrogen-bond donors (Lipinski definition) is 2. The minimum atomic E-state index is -4.86. The molecule has 0 saturated heterocycles. The van der Waals surface area contributed by atoms with E-state index in [9.17, 15) is 22.8 Å². The second-order valence-electron chi connectivity index (χ2n) is 5.71. The Bertz CT molecular complexity index is 780. The van der Waals surface area contributed by atoms with Crippen LogP contribution < -0.4 is 15.4 Å². The van der Waals surface area contributed by atoms with E-state index >= 15 is 0 Å². The van der Waals surface area contributed by atoms with Gasteiger partial charge in [0, 0.05) is 5.69 Å². The summed E-state index contributed by atoms with van der Waals surface area (Å²) in [6.45, 7) is -0.717. The first-order chi connectivity index (χ1) is 13.3. The third kappa shape index (κ3) is 6.49. The van der Waals surface area contributed by atoms with Gasteiger partial charge in [0.25, 0.3) is 5.91 Å². The first-order valence-corrected chi connectivity index (χ1v) is 8.24. The molecular formula is C19H19F3N2O4. The van der Waals surface area contributed by atoms with E-state index in [0.717, 1.165) is 5.56 Å². The predicted molar refractivity (Wildman–Crippen MR) is 95.7 cm³/mol. The minimum Gasteiger partial charge on any atom is -0.497 e. The maximum atomic E-state index is 13.2. The molecule has 2 aromatic rings. The fraction of sp³-hybridized carbons (Fsp3) is 0.263. The van der Waals surface area contributed by atoms with Gasteiger partial charge in [-0.2, -0.15) is 13.2 Å². The topological polar surface area (TPSA) is 76.7 Å². The Hall–Kier alpha value is -3.23. The van der Waals surface area contributed by atoms with Crippen LogP contribution in [-0.2, 0) is 20.9 Å². The summed E-state index contributed by atoms with van der Waals surface area (Å²) in [4.78, 5) is 23.6. The van der Waals surface area contributed by atoms with Gasteiger partial charge in [0.2, 0.25) is 6.04 Å². The molecule has 2 aromatic carbocycles. The number of alkyl halides is 3. The lowest BCUT2D eigenvalue weighted by atomic mass is 10.2. The number of carbonyl (C=O) groups is 2. The van der Waals surface area contributed by atoms with Crippen LogP contribution in [0.25, 0.3) is 0 Å². The lowest BCUT2D eigenvalue weighted by molar-refractivity contribution is -0.161. The number of esters is 1. The molecule has 0 bridgehead atoms. The lowest BCUT2D eigenvalue weighted by Crippen LogP contribution is -2.50. The average Bonchev–Trinajstić information content (AvgIpc) is 2.69. The predicted octanol–water partition coefficient (Wildman–Crippen LogP) is 2.90. The molecule has 1 atom stereocenters. The van der Waals surface area contributed by atoms with Gasteiger partial charge in [0.15, 0.2) is 0 Å². The van der Waals surface area contributed by atoms with E-state index in [-0.39, 0.29) is 12.3 Å². The van der Waals surface area contributed by atoms with Gasteiger partial charge in [-0.1, -0.05) is 30.3 Å². The molecule has 0 aliphatic rings. The summed E-state index contributed by atoms with van der Waals surface area (Å²) in [7, 11) is 1.42. The highest BCUT2D eigenvalue weighted by molar-refractivity contribution is 5.88. The quantitative estimate of drug-likeness (QED) is 0.671. The van der Waals surface area contributed by atoms with Gasteiger partial charge in [-0.3, -0.25) is 9.59 Å². The molecule has 1 unspecified atom stereocenters. The van der Waals surface area contributed by atoms with Gasteiger partial charge in [-0.25, -0.2) is 0 Å². The van der Waals surface area contributed by atoms with Crippen molar-refractivity contribution in [2.45, 2.75) is 18.8 Å². The van der Waals surface area contributed by atoms with E-state index in [2.05, 4.69) is 5.32 Å². The second kappa shape index (κ2) is 9.63. The molecule has 0 aliphatic heterocycles. The number of amides is 1. The SMILES string of the molecule is COc1ccc(NC(C(=O)NCC(=O)OCc2ccccc2)C(F)(F)F)cc1. The first-order valence-electron chi connectivity index (χ1n) is 8.24. The van der Waals surface area contributed by atoms with Crippen molar-refractivity contribution in [2.24, 2.45) is 0 Å². The van der Waals surface area contributed by atoms with Gasteiger partial charge in [-0.05, 0) is 29.8 Å². The standard InChI is InChI=1S/C19H19F3N2O4/c1-27-15-9-7-14(8-10-15)24-17(19(20,21)22)18(26)23-11-16(25)28-12-13-5-3-2-4-6-13/h2-10,17,24H,11-12H2,1H3,(H,23,26). The molecule has 0 fully saturated rings. The maximum Gasteiger partial charge on any atom is 0.417 e. The first kappa shape index (κ1) is 21.1. The molecule has 28 heavy (non-hydrogen) atoms. The van der Waals surface area contributed by atoms with E-state index in [1.54, 1.807) is 30.3 Å². The largest absolute Gasteiger partial charge is 0.497 e. The van der Waals surface area contributed by atoms with Crippen molar-refractivity contribution < 1.29 is 32.2 Å². The molecule has 0 radical (unpaired) electrons. The summed E-state index contributed by atoms with van der Waals surface area (Å²) in [5.41, 5.74) is 0.793. The van der Waals surface area contributed by atoms with Crippen molar-refractivity contribution in [3.63, 3.8) is 0 Å². The molecule has 0 aliphatic carbocycles. The number of hydrogen-bond acceptors (Lipinski definition) is 5. The molecule has 0 spiro atoms. The van der Waals surface area contributed by atoms with Crippen molar-refractivity contribution in [1.29, 1.82) is 0 Å². The Morgan fingerprint density at radius 2 is 1.68 bits per heavy atom. The molecule has 2 rings (SSSR count). The Balaban J connectivity index is 1.90. The fourth-order valence-electron chi connectivity index (χ4n) is 2.20.